The van der Waals surface area contributed by atoms with Gasteiger partial charge in [0.1, 0.15) is 5.65 Å². The lowest BCUT2D eigenvalue weighted by molar-refractivity contribution is 0.0697. The zero-order valence-electron chi connectivity index (χ0n) is 9.87. The number of fused-ring (bicyclic) bond motifs is 1. The standard InChI is InChI=1S/C13H14N2O2S/c16-13(17)10-1-3-15-7-11(14-12(15)6-10)5-9-2-4-18-8-9/h1,3,6-7,9H,2,4-5,8H2,(H,16,17). The quantitative estimate of drug-likeness (QED) is 0.922. The minimum Gasteiger partial charge on any atom is -0.478 e. The van der Waals surface area contributed by atoms with Gasteiger partial charge in [-0.1, -0.05) is 0 Å². The summed E-state index contributed by atoms with van der Waals surface area (Å²) in [5.74, 6) is 2.28. The number of rotatable bonds is 3. The number of imidazole rings is 1. The van der Waals surface area contributed by atoms with Crippen molar-refractivity contribution in [3.8, 4) is 0 Å². The molecule has 0 spiro atoms. The number of hydrogen-bond donors (Lipinski definition) is 1. The molecule has 2 aromatic heterocycles. The summed E-state index contributed by atoms with van der Waals surface area (Å²) in [4.78, 5) is 15.4. The van der Waals surface area contributed by atoms with Crippen LogP contribution in [0.2, 0.25) is 0 Å². The lowest BCUT2D eigenvalue weighted by atomic mass is 10.0. The molecular formula is C13H14N2O2S. The molecule has 0 amide bonds. The second kappa shape index (κ2) is 4.65. The highest BCUT2D eigenvalue weighted by atomic mass is 32.2. The molecule has 0 radical (unpaired) electrons. The molecule has 3 heterocycles. The molecule has 1 unspecified atom stereocenters. The molecule has 3 rings (SSSR count). The number of aromatic nitrogens is 2. The van der Waals surface area contributed by atoms with Crippen LogP contribution >= 0.6 is 11.8 Å². The largest absolute Gasteiger partial charge is 0.478 e. The second-order valence-electron chi connectivity index (χ2n) is 4.65. The van der Waals surface area contributed by atoms with E-state index in [9.17, 15) is 4.79 Å². The molecule has 4 nitrogen and oxygen atoms in total. The van der Waals surface area contributed by atoms with Crippen molar-refractivity contribution in [1.29, 1.82) is 0 Å². The Morgan fingerprint density at radius 3 is 3.22 bits per heavy atom. The zero-order valence-corrected chi connectivity index (χ0v) is 10.7. The van der Waals surface area contributed by atoms with Gasteiger partial charge < -0.3 is 9.51 Å². The Bertz CT molecular complexity index is 588. The van der Waals surface area contributed by atoms with Crippen LogP contribution in [0.15, 0.2) is 24.5 Å². The van der Waals surface area contributed by atoms with Crippen LogP contribution < -0.4 is 0 Å². The molecule has 1 N–H and O–H groups in total. The topological polar surface area (TPSA) is 54.6 Å². The molecule has 1 aliphatic heterocycles. The normalized spacial score (nSPS) is 19.4. The van der Waals surface area contributed by atoms with Gasteiger partial charge in [-0.25, -0.2) is 9.78 Å². The average Bonchev–Trinajstić information content (AvgIpc) is 2.96. The van der Waals surface area contributed by atoms with Gasteiger partial charge in [0.05, 0.1) is 11.3 Å². The number of carboxylic acid groups (broad SMARTS) is 1. The minimum absolute atomic E-state index is 0.288. The van der Waals surface area contributed by atoms with Gasteiger partial charge in [-0.05, 0) is 42.4 Å². The summed E-state index contributed by atoms with van der Waals surface area (Å²) < 4.78 is 1.89. The Morgan fingerprint density at radius 1 is 1.61 bits per heavy atom. The van der Waals surface area contributed by atoms with Crippen molar-refractivity contribution >= 4 is 23.4 Å². The van der Waals surface area contributed by atoms with E-state index in [1.807, 2.05) is 22.4 Å². The van der Waals surface area contributed by atoms with Crippen LogP contribution in [-0.4, -0.2) is 32.0 Å². The lowest BCUT2D eigenvalue weighted by Gasteiger charge is -2.03. The molecule has 0 bridgehead atoms. The zero-order chi connectivity index (χ0) is 12.5. The number of thioether (sulfide) groups is 1. The third kappa shape index (κ3) is 2.22. The van der Waals surface area contributed by atoms with Gasteiger partial charge in [-0.15, -0.1) is 0 Å². The number of carboxylic acids is 1. The van der Waals surface area contributed by atoms with Crippen molar-refractivity contribution in [1.82, 2.24) is 9.38 Å². The Labute approximate surface area is 109 Å². The molecule has 18 heavy (non-hydrogen) atoms. The fourth-order valence-corrected chi connectivity index (χ4v) is 3.59. The number of pyridine rings is 1. The molecule has 0 saturated carbocycles. The molecule has 1 aliphatic rings. The third-order valence-corrected chi connectivity index (χ3v) is 4.51. The maximum absolute atomic E-state index is 10.9. The van der Waals surface area contributed by atoms with Crippen molar-refractivity contribution < 1.29 is 9.90 Å². The fraction of sp³-hybridized carbons (Fsp3) is 0.385. The van der Waals surface area contributed by atoms with Gasteiger partial charge in [-0.3, -0.25) is 0 Å². The summed E-state index contributed by atoms with van der Waals surface area (Å²) in [6.07, 6.45) is 6.03. The predicted molar refractivity (Wildman–Crippen MR) is 71.3 cm³/mol. The van der Waals surface area contributed by atoms with E-state index in [-0.39, 0.29) is 5.56 Å². The van der Waals surface area contributed by atoms with Gasteiger partial charge in [0.15, 0.2) is 0 Å². The first-order chi connectivity index (χ1) is 8.72. The Kier molecular flexibility index (Phi) is 2.99. The molecule has 1 atom stereocenters. The monoisotopic (exact) mass is 262 g/mol. The van der Waals surface area contributed by atoms with E-state index in [4.69, 9.17) is 5.11 Å². The van der Waals surface area contributed by atoms with E-state index in [1.54, 1.807) is 18.3 Å². The van der Waals surface area contributed by atoms with Gasteiger partial charge >= 0.3 is 5.97 Å². The summed E-state index contributed by atoms with van der Waals surface area (Å²) in [6.45, 7) is 0. The summed E-state index contributed by atoms with van der Waals surface area (Å²) in [5.41, 5.74) is 2.07. The van der Waals surface area contributed by atoms with Crippen molar-refractivity contribution in [2.45, 2.75) is 12.8 Å². The number of hydrogen-bond acceptors (Lipinski definition) is 3. The van der Waals surface area contributed by atoms with Crippen molar-refractivity contribution in [2.24, 2.45) is 5.92 Å². The maximum Gasteiger partial charge on any atom is 0.335 e. The fourth-order valence-electron chi connectivity index (χ4n) is 2.31. The van der Waals surface area contributed by atoms with Gasteiger partial charge in [0, 0.05) is 12.4 Å². The van der Waals surface area contributed by atoms with E-state index in [0.29, 0.717) is 0 Å². The van der Waals surface area contributed by atoms with E-state index in [1.165, 1.54) is 17.9 Å². The number of nitrogens with zero attached hydrogens (tertiary/aromatic N) is 2. The van der Waals surface area contributed by atoms with Gasteiger partial charge in [0.2, 0.25) is 0 Å². The van der Waals surface area contributed by atoms with E-state index in [0.717, 1.165) is 23.7 Å². The highest BCUT2D eigenvalue weighted by Gasteiger charge is 2.17. The van der Waals surface area contributed by atoms with Gasteiger partial charge in [0.25, 0.3) is 0 Å². The molecule has 1 fully saturated rings. The van der Waals surface area contributed by atoms with Crippen LogP contribution in [0.3, 0.4) is 0 Å². The molecular weight excluding hydrogens is 248 g/mol. The Hall–Kier alpha value is -1.49. The average molecular weight is 262 g/mol. The van der Waals surface area contributed by atoms with Crippen LogP contribution in [0, 0.1) is 5.92 Å². The first kappa shape index (κ1) is 11.6. The highest BCUT2D eigenvalue weighted by Crippen LogP contribution is 2.26. The molecule has 0 aliphatic carbocycles. The Balaban J connectivity index is 1.87. The lowest BCUT2D eigenvalue weighted by Crippen LogP contribution is -2.02. The summed E-state index contributed by atoms with van der Waals surface area (Å²) >= 11 is 2.00. The molecule has 2 aromatic rings. The first-order valence-corrected chi connectivity index (χ1v) is 7.16. The van der Waals surface area contributed by atoms with Crippen LogP contribution in [0.1, 0.15) is 22.5 Å². The SMILES string of the molecule is O=C(O)c1ccn2cc(CC3CCSC3)nc2c1. The van der Waals surface area contributed by atoms with Crippen LogP contribution in [0.5, 0.6) is 0 Å². The van der Waals surface area contributed by atoms with Gasteiger partial charge in [-0.2, -0.15) is 11.8 Å². The van der Waals surface area contributed by atoms with Crippen molar-refractivity contribution in [3.63, 3.8) is 0 Å². The summed E-state index contributed by atoms with van der Waals surface area (Å²) in [6, 6.07) is 3.22. The predicted octanol–water partition coefficient (Wildman–Crippen LogP) is 2.33. The van der Waals surface area contributed by atoms with Crippen molar-refractivity contribution in [2.75, 3.05) is 11.5 Å². The van der Waals surface area contributed by atoms with Crippen LogP contribution in [0.25, 0.3) is 5.65 Å². The van der Waals surface area contributed by atoms with Crippen molar-refractivity contribution in [3.05, 3.63) is 35.8 Å². The minimum atomic E-state index is -0.908. The van der Waals surface area contributed by atoms with Crippen LogP contribution in [0.4, 0.5) is 0 Å². The molecule has 1 saturated heterocycles. The van der Waals surface area contributed by atoms with E-state index >= 15 is 0 Å². The van der Waals surface area contributed by atoms with E-state index in [2.05, 4.69) is 4.98 Å². The summed E-state index contributed by atoms with van der Waals surface area (Å²) in [5, 5.41) is 8.94. The number of aromatic carboxylic acids is 1. The first-order valence-electron chi connectivity index (χ1n) is 6.01. The molecule has 5 heteroatoms. The smallest absolute Gasteiger partial charge is 0.335 e. The van der Waals surface area contributed by atoms with Crippen LogP contribution in [-0.2, 0) is 6.42 Å². The second-order valence-corrected chi connectivity index (χ2v) is 5.80. The number of carbonyl (C=O) groups is 1. The molecule has 94 valence electrons. The third-order valence-electron chi connectivity index (χ3n) is 3.28. The summed E-state index contributed by atoms with van der Waals surface area (Å²) in [7, 11) is 0. The van der Waals surface area contributed by atoms with E-state index < -0.39 is 5.97 Å². The highest BCUT2D eigenvalue weighted by molar-refractivity contribution is 7.99. The maximum atomic E-state index is 10.9. The molecule has 0 aromatic carbocycles. The Morgan fingerprint density at radius 2 is 2.50 bits per heavy atom.